The lowest BCUT2D eigenvalue weighted by Gasteiger charge is -2.07. The van der Waals surface area contributed by atoms with E-state index in [-0.39, 0.29) is 0 Å². The number of halogens is 2. The topological polar surface area (TPSA) is 9.23 Å². The zero-order chi connectivity index (χ0) is 7.11. The van der Waals surface area contributed by atoms with E-state index in [9.17, 15) is 0 Å². The minimum atomic E-state index is 0.410. The molecule has 0 amide bonds. The number of rotatable bonds is 5. The van der Waals surface area contributed by atoms with Crippen molar-refractivity contribution in [2.45, 2.75) is 6.42 Å². The molecule has 0 aromatic heterocycles. The highest BCUT2D eigenvalue weighted by Crippen LogP contribution is 2.07. The minimum absolute atomic E-state index is 0.410. The number of hydrogen-bond donors (Lipinski definition) is 0. The quantitative estimate of drug-likeness (QED) is 0.575. The molecule has 9 heavy (non-hydrogen) atoms. The first kappa shape index (κ1) is 9.54. The van der Waals surface area contributed by atoms with Crippen molar-refractivity contribution in [3.63, 3.8) is 0 Å². The smallest absolute Gasteiger partial charge is 0.0465 e. The second-order valence-corrected chi connectivity index (χ2v) is 2.57. The second-order valence-electron chi connectivity index (χ2n) is 1.96. The van der Waals surface area contributed by atoms with Crippen LogP contribution in [-0.2, 0) is 4.74 Å². The van der Waals surface area contributed by atoms with Gasteiger partial charge >= 0.3 is 0 Å². The van der Waals surface area contributed by atoms with Crippen molar-refractivity contribution in [1.29, 1.82) is 0 Å². The van der Waals surface area contributed by atoms with E-state index in [4.69, 9.17) is 27.9 Å². The molecule has 56 valence electrons. The molecule has 0 N–H and O–H groups in total. The van der Waals surface area contributed by atoms with Gasteiger partial charge in [-0.25, -0.2) is 0 Å². The maximum absolute atomic E-state index is 5.56. The molecule has 0 atom stereocenters. The summed E-state index contributed by atoms with van der Waals surface area (Å²) in [7, 11) is 1.68. The molecule has 0 aliphatic rings. The van der Waals surface area contributed by atoms with Gasteiger partial charge in [0.1, 0.15) is 0 Å². The highest BCUT2D eigenvalue weighted by atomic mass is 35.5. The average Bonchev–Trinajstić information content (AvgIpc) is 1.91. The lowest BCUT2D eigenvalue weighted by Crippen LogP contribution is -2.07. The van der Waals surface area contributed by atoms with Crippen molar-refractivity contribution in [2.24, 2.45) is 5.92 Å². The predicted molar refractivity (Wildman–Crippen MR) is 41.4 cm³/mol. The van der Waals surface area contributed by atoms with E-state index in [0.29, 0.717) is 17.7 Å². The van der Waals surface area contributed by atoms with Gasteiger partial charge in [-0.3, -0.25) is 0 Å². The third kappa shape index (κ3) is 5.01. The van der Waals surface area contributed by atoms with E-state index in [1.54, 1.807) is 7.11 Å². The van der Waals surface area contributed by atoms with Gasteiger partial charge in [0.25, 0.3) is 0 Å². The van der Waals surface area contributed by atoms with Crippen LogP contribution in [0.3, 0.4) is 0 Å². The second kappa shape index (κ2) is 6.66. The van der Waals surface area contributed by atoms with E-state index < -0.39 is 0 Å². The van der Waals surface area contributed by atoms with Crippen LogP contribution >= 0.6 is 23.2 Å². The average molecular weight is 171 g/mol. The van der Waals surface area contributed by atoms with Crippen molar-refractivity contribution in [3.8, 4) is 0 Å². The van der Waals surface area contributed by atoms with Gasteiger partial charge in [-0.1, -0.05) is 0 Å². The van der Waals surface area contributed by atoms with E-state index >= 15 is 0 Å². The zero-order valence-electron chi connectivity index (χ0n) is 5.57. The molecule has 0 aliphatic carbocycles. The molecule has 0 spiro atoms. The number of ether oxygens (including phenoxy) is 1. The fourth-order valence-electron chi connectivity index (χ4n) is 0.480. The summed E-state index contributed by atoms with van der Waals surface area (Å²) in [5.41, 5.74) is 0. The van der Waals surface area contributed by atoms with Gasteiger partial charge in [0, 0.05) is 25.5 Å². The number of hydrogen-bond acceptors (Lipinski definition) is 1. The predicted octanol–water partition coefficient (Wildman–Crippen LogP) is 2.12. The first-order valence-electron chi connectivity index (χ1n) is 2.96. The fraction of sp³-hybridized carbons (Fsp3) is 1.00. The Hall–Kier alpha value is 0.540. The van der Waals surface area contributed by atoms with Crippen LogP contribution in [0.25, 0.3) is 0 Å². The Kier molecular flexibility index (Phi) is 7.06. The largest absolute Gasteiger partial charge is 0.385 e. The van der Waals surface area contributed by atoms with Gasteiger partial charge in [0.05, 0.1) is 0 Å². The van der Waals surface area contributed by atoms with Crippen LogP contribution in [0.15, 0.2) is 0 Å². The molecule has 0 aliphatic heterocycles. The van der Waals surface area contributed by atoms with Gasteiger partial charge in [-0.05, 0) is 12.3 Å². The van der Waals surface area contributed by atoms with Gasteiger partial charge in [0.15, 0.2) is 0 Å². The number of methoxy groups -OCH3 is 1. The lowest BCUT2D eigenvalue weighted by molar-refractivity contribution is 0.184. The summed E-state index contributed by atoms with van der Waals surface area (Å²) in [6, 6.07) is 0. The lowest BCUT2D eigenvalue weighted by atomic mass is 10.1. The summed E-state index contributed by atoms with van der Waals surface area (Å²) in [6.07, 6.45) is 0.962. The molecule has 0 radical (unpaired) electrons. The highest BCUT2D eigenvalue weighted by Gasteiger charge is 2.03. The van der Waals surface area contributed by atoms with Gasteiger partial charge < -0.3 is 4.74 Å². The first-order valence-corrected chi connectivity index (χ1v) is 4.03. The van der Waals surface area contributed by atoms with E-state index in [0.717, 1.165) is 13.0 Å². The molecule has 0 aromatic rings. The minimum Gasteiger partial charge on any atom is -0.385 e. The van der Waals surface area contributed by atoms with Crippen LogP contribution in [0.5, 0.6) is 0 Å². The monoisotopic (exact) mass is 170 g/mol. The van der Waals surface area contributed by atoms with Crippen molar-refractivity contribution in [1.82, 2.24) is 0 Å². The summed E-state index contributed by atoms with van der Waals surface area (Å²) < 4.78 is 4.86. The molecule has 0 heterocycles. The summed E-state index contributed by atoms with van der Waals surface area (Å²) in [4.78, 5) is 0. The third-order valence-corrected chi connectivity index (χ3v) is 2.04. The zero-order valence-corrected chi connectivity index (χ0v) is 7.08. The van der Waals surface area contributed by atoms with Crippen LogP contribution < -0.4 is 0 Å². The molecule has 0 saturated heterocycles. The Morgan fingerprint density at radius 2 is 1.89 bits per heavy atom. The molecule has 0 bridgehead atoms. The Balaban J connectivity index is 3.09. The maximum Gasteiger partial charge on any atom is 0.0465 e. The van der Waals surface area contributed by atoms with E-state index in [1.165, 1.54) is 0 Å². The molecule has 0 saturated carbocycles. The fourth-order valence-corrected chi connectivity index (χ4v) is 1.12. The SMILES string of the molecule is COCCC(CCl)CCl. The third-order valence-electron chi connectivity index (χ3n) is 1.17. The summed E-state index contributed by atoms with van der Waals surface area (Å²) in [5.74, 6) is 1.67. The van der Waals surface area contributed by atoms with Gasteiger partial charge in [-0.15, -0.1) is 23.2 Å². The van der Waals surface area contributed by atoms with E-state index in [2.05, 4.69) is 0 Å². The van der Waals surface area contributed by atoms with Crippen LogP contribution in [0.1, 0.15) is 6.42 Å². The molecule has 1 nitrogen and oxygen atoms in total. The van der Waals surface area contributed by atoms with Crippen molar-refractivity contribution >= 4 is 23.2 Å². The standard InChI is InChI=1S/C6H12Cl2O/c1-9-3-2-6(4-7)5-8/h6H,2-5H2,1H3. The van der Waals surface area contributed by atoms with Gasteiger partial charge in [-0.2, -0.15) is 0 Å². The molecular formula is C6H12Cl2O. The van der Waals surface area contributed by atoms with Crippen molar-refractivity contribution in [3.05, 3.63) is 0 Å². The Morgan fingerprint density at radius 1 is 1.33 bits per heavy atom. The molecule has 3 heteroatoms. The molecule has 0 rings (SSSR count). The maximum atomic E-state index is 5.56. The van der Waals surface area contributed by atoms with Crippen LogP contribution in [0.2, 0.25) is 0 Å². The number of alkyl halides is 2. The Morgan fingerprint density at radius 3 is 2.22 bits per heavy atom. The Labute approximate surface area is 66.3 Å². The normalized spacial score (nSPS) is 10.7. The van der Waals surface area contributed by atoms with Crippen LogP contribution in [0.4, 0.5) is 0 Å². The van der Waals surface area contributed by atoms with Crippen LogP contribution in [-0.4, -0.2) is 25.5 Å². The summed E-state index contributed by atoms with van der Waals surface area (Å²) >= 11 is 11.1. The molecule has 0 aromatic carbocycles. The van der Waals surface area contributed by atoms with E-state index in [1.807, 2.05) is 0 Å². The summed E-state index contributed by atoms with van der Waals surface area (Å²) in [5, 5.41) is 0. The van der Waals surface area contributed by atoms with Crippen molar-refractivity contribution < 1.29 is 4.74 Å². The van der Waals surface area contributed by atoms with Crippen LogP contribution in [0, 0.1) is 5.92 Å². The summed E-state index contributed by atoms with van der Waals surface area (Å²) in [6.45, 7) is 0.754. The Bertz CT molecular complexity index is 55.0. The molecule has 0 unspecified atom stereocenters. The van der Waals surface area contributed by atoms with Crippen molar-refractivity contribution in [2.75, 3.05) is 25.5 Å². The highest BCUT2D eigenvalue weighted by molar-refractivity contribution is 6.20. The van der Waals surface area contributed by atoms with Gasteiger partial charge in [0.2, 0.25) is 0 Å². The first-order chi connectivity index (χ1) is 4.35. The molecular weight excluding hydrogens is 159 g/mol. The molecule has 0 fully saturated rings.